The Morgan fingerprint density at radius 1 is 0.556 bits per heavy atom. The van der Waals surface area contributed by atoms with Crippen molar-refractivity contribution in [3.8, 4) is 0 Å². The molecule has 1 aliphatic rings. The van der Waals surface area contributed by atoms with E-state index in [2.05, 4.69) is 74.6 Å². The summed E-state index contributed by atoms with van der Waals surface area (Å²) in [6, 6.07) is 0. The molecule has 0 amide bonds. The van der Waals surface area contributed by atoms with Gasteiger partial charge in [-0.2, -0.15) is 8.42 Å². The molecular weight excluding hydrogens is 825 g/mol. The monoisotopic (exact) mass is 911 g/mol. The maximum atomic E-state index is 12.8. The van der Waals surface area contributed by atoms with Gasteiger partial charge in [-0.25, -0.2) is 0 Å². The van der Waals surface area contributed by atoms with E-state index in [0.29, 0.717) is 12.8 Å². The van der Waals surface area contributed by atoms with Crippen molar-refractivity contribution in [1.29, 1.82) is 0 Å². The Bertz CT molecular complexity index is 1390. The second-order valence-electron chi connectivity index (χ2n) is 16.7. The average Bonchev–Trinajstić information content (AvgIpc) is 3.25. The molecule has 12 nitrogen and oxygen atoms in total. The van der Waals surface area contributed by atoms with E-state index in [4.69, 9.17) is 18.9 Å². The average molecular weight is 911 g/mol. The van der Waals surface area contributed by atoms with Crippen LogP contribution in [0.15, 0.2) is 60.8 Å². The van der Waals surface area contributed by atoms with Crippen molar-refractivity contribution < 1.29 is 56.8 Å². The Morgan fingerprint density at radius 2 is 1.00 bits per heavy atom. The van der Waals surface area contributed by atoms with Gasteiger partial charge in [0.1, 0.15) is 36.8 Å². The molecule has 0 aromatic rings. The minimum atomic E-state index is -4.61. The van der Waals surface area contributed by atoms with Gasteiger partial charge in [0.2, 0.25) is 0 Å². The highest BCUT2D eigenvalue weighted by Crippen LogP contribution is 2.24. The number of ether oxygens (including phenoxy) is 4. The van der Waals surface area contributed by atoms with E-state index in [1.165, 1.54) is 44.9 Å². The number of carbonyl (C=O) groups is 2. The van der Waals surface area contributed by atoms with Crippen molar-refractivity contribution in [2.45, 2.75) is 224 Å². The number of carbonyl (C=O) groups excluding carboxylic acids is 2. The minimum Gasteiger partial charge on any atom is -0.462 e. The predicted octanol–water partition coefficient (Wildman–Crippen LogP) is 10.5. The summed E-state index contributed by atoms with van der Waals surface area (Å²) in [4.78, 5) is 25.5. The van der Waals surface area contributed by atoms with Crippen LogP contribution in [-0.4, -0.2) is 96.0 Å². The topological polar surface area (TPSA) is 186 Å². The van der Waals surface area contributed by atoms with Crippen LogP contribution in [0.3, 0.4) is 0 Å². The molecule has 0 saturated carbocycles. The number of hydrogen-bond acceptors (Lipinski definition) is 11. The number of aliphatic hydroxyl groups excluding tert-OH is 3. The Morgan fingerprint density at radius 3 is 1.49 bits per heavy atom. The summed E-state index contributed by atoms with van der Waals surface area (Å²) in [7, 11) is -4.61. The molecule has 0 aromatic heterocycles. The molecule has 6 atom stereocenters. The second kappa shape index (κ2) is 39.7. The highest BCUT2D eigenvalue weighted by molar-refractivity contribution is 7.85. The summed E-state index contributed by atoms with van der Waals surface area (Å²) in [5.74, 6) is -2.01. The van der Waals surface area contributed by atoms with Gasteiger partial charge < -0.3 is 34.3 Å². The molecule has 0 bridgehead atoms. The van der Waals surface area contributed by atoms with Crippen molar-refractivity contribution in [2.75, 3.05) is 19.0 Å². The van der Waals surface area contributed by atoms with Crippen LogP contribution in [0.4, 0.5) is 0 Å². The first-order valence-corrected chi connectivity index (χ1v) is 26.0. The smallest absolute Gasteiger partial charge is 0.306 e. The number of aliphatic hydroxyl groups is 3. The molecule has 1 aliphatic heterocycles. The maximum absolute atomic E-state index is 12.8. The van der Waals surface area contributed by atoms with Crippen molar-refractivity contribution in [1.82, 2.24) is 0 Å². The van der Waals surface area contributed by atoms with Crippen LogP contribution in [0.25, 0.3) is 0 Å². The first-order valence-electron chi connectivity index (χ1n) is 24.3. The summed E-state index contributed by atoms with van der Waals surface area (Å²) < 4.78 is 54.2. The zero-order chi connectivity index (χ0) is 46.2. The molecule has 0 aliphatic carbocycles. The molecule has 13 heteroatoms. The molecule has 63 heavy (non-hydrogen) atoms. The summed E-state index contributed by atoms with van der Waals surface area (Å²) in [5.41, 5.74) is 0. The van der Waals surface area contributed by atoms with Crippen molar-refractivity contribution in [2.24, 2.45) is 0 Å². The lowest BCUT2D eigenvalue weighted by Gasteiger charge is -2.40. The zero-order valence-electron chi connectivity index (χ0n) is 38.9. The lowest BCUT2D eigenvalue weighted by Crippen LogP contribution is -2.60. The molecular formula is C50H86O12S. The molecule has 1 saturated heterocycles. The largest absolute Gasteiger partial charge is 0.462 e. The van der Waals surface area contributed by atoms with Gasteiger partial charge in [0.05, 0.1) is 6.61 Å². The number of unbranched alkanes of at least 4 members (excludes halogenated alkanes) is 18. The standard InChI is InChI=1S/C50H86O12S/c1-3-5-7-9-11-13-15-17-19-21-23-24-26-28-30-32-34-36-38-45(51)59-40-43(41-60-50-49(55)48(54)47(53)44(62-50)42-63(56,57)58)61-46(52)39-37-35-33-31-29-27-25-22-20-18-16-14-12-10-8-6-4-2/h6,8,12-15,18-21,43-44,47-50,53-55H,3-5,7,9-11,16-17,22-42H2,1-2H3,(H,56,57,58)/b8-6-,14-12-,15-13-,20-18-,21-19-. The van der Waals surface area contributed by atoms with E-state index in [0.717, 1.165) is 103 Å². The molecule has 0 radical (unpaired) electrons. The summed E-state index contributed by atoms with van der Waals surface area (Å²) in [6.45, 7) is 3.63. The van der Waals surface area contributed by atoms with E-state index in [1.807, 2.05) is 0 Å². The van der Waals surface area contributed by atoms with Gasteiger partial charge in [0.25, 0.3) is 10.1 Å². The van der Waals surface area contributed by atoms with E-state index in [9.17, 15) is 37.9 Å². The van der Waals surface area contributed by atoms with Crippen molar-refractivity contribution >= 4 is 22.1 Å². The normalized spacial score (nSPS) is 20.3. The lowest BCUT2D eigenvalue weighted by atomic mass is 10.00. The van der Waals surface area contributed by atoms with Gasteiger partial charge >= 0.3 is 11.9 Å². The minimum absolute atomic E-state index is 0.149. The number of esters is 2. The predicted molar refractivity (Wildman–Crippen MR) is 252 cm³/mol. The fourth-order valence-corrected chi connectivity index (χ4v) is 7.76. The first kappa shape index (κ1) is 58.4. The van der Waals surface area contributed by atoms with Gasteiger partial charge in [0.15, 0.2) is 12.4 Å². The lowest BCUT2D eigenvalue weighted by molar-refractivity contribution is -0.297. The third-order valence-electron chi connectivity index (χ3n) is 10.8. The fraction of sp³-hybridized carbons (Fsp3) is 0.760. The van der Waals surface area contributed by atoms with Crippen molar-refractivity contribution in [3.63, 3.8) is 0 Å². The maximum Gasteiger partial charge on any atom is 0.306 e. The molecule has 6 unspecified atom stereocenters. The van der Waals surface area contributed by atoms with Crippen LogP contribution in [0.5, 0.6) is 0 Å². The molecule has 0 spiro atoms. The molecule has 1 heterocycles. The van der Waals surface area contributed by atoms with Gasteiger partial charge in [-0.15, -0.1) is 0 Å². The molecule has 1 rings (SSSR count). The van der Waals surface area contributed by atoms with Crippen LogP contribution in [0.1, 0.15) is 187 Å². The Hall–Kier alpha value is -2.65. The number of hydrogen-bond donors (Lipinski definition) is 4. The highest BCUT2D eigenvalue weighted by Gasteiger charge is 2.46. The highest BCUT2D eigenvalue weighted by atomic mass is 32.2. The number of allylic oxidation sites excluding steroid dienone is 10. The van der Waals surface area contributed by atoms with E-state index in [1.54, 1.807) is 0 Å². The molecule has 364 valence electrons. The van der Waals surface area contributed by atoms with Crippen LogP contribution >= 0.6 is 0 Å². The van der Waals surface area contributed by atoms with Gasteiger partial charge in [-0.1, -0.05) is 158 Å². The third kappa shape index (κ3) is 34.4. The molecule has 4 N–H and O–H groups in total. The zero-order valence-corrected chi connectivity index (χ0v) is 39.7. The third-order valence-corrected chi connectivity index (χ3v) is 11.6. The van der Waals surface area contributed by atoms with Gasteiger partial charge in [-0.05, 0) is 77.0 Å². The van der Waals surface area contributed by atoms with Gasteiger partial charge in [-0.3, -0.25) is 14.1 Å². The summed E-state index contributed by atoms with van der Waals surface area (Å²) in [6.07, 6.45) is 39.7. The van der Waals surface area contributed by atoms with E-state index >= 15 is 0 Å². The second-order valence-corrected chi connectivity index (χ2v) is 18.2. The quantitative estimate of drug-likeness (QED) is 0.0198. The first-order chi connectivity index (χ1) is 30.5. The summed E-state index contributed by atoms with van der Waals surface area (Å²) in [5, 5.41) is 30.9. The molecule has 1 fully saturated rings. The Balaban J connectivity index is 2.42. The molecule has 0 aromatic carbocycles. The van der Waals surface area contributed by atoms with Crippen LogP contribution < -0.4 is 0 Å². The van der Waals surface area contributed by atoms with Crippen LogP contribution in [-0.2, 0) is 38.7 Å². The van der Waals surface area contributed by atoms with Crippen LogP contribution in [0.2, 0.25) is 0 Å². The van der Waals surface area contributed by atoms with Crippen molar-refractivity contribution in [3.05, 3.63) is 60.8 Å². The van der Waals surface area contributed by atoms with Gasteiger partial charge in [0, 0.05) is 12.8 Å². The SMILES string of the molecule is CC/C=C\C/C=C\C/C=C\CCCCCCCCCC(=O)OC(COC(=O)CCCCCCCCC/C=C\C/C=C\CCCCCC)COC1OC(CS(=O)(=O)O)C(O)C(O)C1O. The van der Waals surface area contributed by atoms with E-state index in [-0.39, 0.29) is 19.4 Å². The van der Waals surface area contributed by atoms with Crippen LogP contribution in [0, 0.1) is 0 Å². The Kier molecular flexibility index (Phi) is 36.8. The van der Waals surface area contributed by atoms with E-state index < -0.39 is 71.2 Å². The summed E-state index contributed by atoms with van der Waals surface area (Å²) >= 11 is 0. The fourth-order valence-electron chi connectivity index (χ4n) is 7.07. The number of rotatable bonds is 40. The Labute approximate surface area is 381 Å².